The third-order valence-corrected chi connectivity index (χ3v) is 12.8. The molecule has 0 rings (SSSR count). The first-order chi connectivity index (χ1) is 40.5. The third-order valence-electron chi connectivity index (χ3n) is 12.8. The molecular weight excluding hydrogens is 1010 g/mol. The topological polar surface area (TPSA) is 78.9 Å². The van der Waals surface area contributed by atoms with Crippen molar-refractivity contribution in [1.82, 2.24) is 0 Å². The van der Waals surface area contributed by atoms with Gasteiger partial charge in [-0.3, -0.25) is 14.4 Å². The zero-order valence-electron chi connectivity index (χ0n) is 52.2. The molecule has 0 N–H and O–H groups in total. The summed E-state index contributed by atoms with van der Waals surface area (Å²) in [7, 11) is 0. The van der Waals surface area contributed by atoms with Crippen LogP contribution in [0, 0.1) is 0 Å². The summed E-state index contributed by atoms with van der Waals surface area (Å²) in [4.78, 5) is 38.3. The molecule has 6 heteroatoms. The Balaban J connectivity index is 4.55. The monoisotopic (exact) mass is 1120 g/mol. The zero-order chi connectivity index (χ0) is 59.2. The molecule has 6 nitrogen and oxygen atoms in total. The summed E-state index contributed by atoms with van der Waals surface area (Å²) in [6.45, 7) is 6.28. The first kappa shape index (κ1) is 76.2. The van der Waals surface area contributed by atoms with Crippen LogP contribution in [0.15, 0.2) is 194 Å². The van der Waals surface area contributed by atoms with E-state index in [0.29, 0.717) is 19.3 Å². The molecule has 0 aliphatic rings. The molecular formula is C76H116O6. The van der Waals surface area contributed by atoms with Gasteiger partial charge in [0.05, 0.1) is 0 Å². The SMILES string of the molecule is CC/C=C\C/C=C\C/C=C\C/C=C\C/C=C\C/C=C\C/C=C\CCCCCCCC(=O)OCC(COC(=O)CCCCCCC/C=C\C/C=C\CCCC)OC(=O)CCC/C=C\C/C=C\C/C=C\C/C=C\C/C=C\C/C=C\C/C=C\CC. The maximum Gasteiger partial charge on any atom is 0.306 e. The molecule has 0 spiro atoms. The van der Waals surface area contributed by atoms with Crippen LogP contribution in [0.2, 0.25) is 0 Å². The lowest BCUT2D eigenvalue weighted by atomic mass is 10.1. The molecule has 0 aliphatic heterocycles. The number of rotatable bonds is 56. The number of carbonyl (C=O) groups is 3. The van der Waals surface area contributed by atoms with Crippen LogP contribution in [-0.4, -0.2) is 37.2 Å². The Morgan fingerprint density at radius 2 is 0.488 bits per heavy atom. The number of esters is 3. The smallest absolute Gasteiger partial charge is 0.306 e. The van der Waals surface area contributed by atoms with E-state index in [1.165, 1.54) is 19.3 Å². The number of ether oxygens (including phenoxy) is 3. The Labute approximate surface area is 503 Å². The van der Waals surface area contributed by atoms with Gasteiger partial charge in [-0.15, -0.1) is 0 Å². The van der Waals surface area contributed by atoms with E-state index in [4.69, 9.17) is 14.2 Å². The van der Waals surface area contributed by atoms with Gasteiger partial charge in [-0.1, -0.05) is 267 Å². The summed E-state index contributed by atoms with van der Waals surface area (Å²) in [6.07, 6.45) is 103. The lowest BCUT2D eigenvalue weighted by Crippen LogP contribution is -2.30. The Morgan fingerprint density at radius 1 is 0.256 bits per heavy atom. The standard InChI is InChI=1S/C76H116O6/c1-4-7-10-13-16-19-22-25-28-30-32-34-36-37-38-39-41-42-44-46-48-51-54-57-60-63-66-69-75(78)81-72-73(71-80-74(77)68-65-62-59-56-53-50-27-24-21-18-15-12-9-6-3)82-76(79)70-67-64-61-58-55-52-49-47-45-43-40-35-33-31-29-26-23-20-17-14-11-8-5-2/h7-8,10-11,15-20,24-29,32-35,37-38,41-43,45-46,48-49,52,58,61,73H,4-6,9,12-14,21-23,30-31,36,39-40,44,47,50-51,53-57,59-60,62-72H2,1-3H3/b10-7-,11-8-,18-15-,19-16-,20-17-,27-24-,28-25-,29-26-,34-32-,35-33-,38-37-,42-41-,45-43-,48-46-,52-49-,61-58-. The molecule has 0 aromatic carbocycles. The second-order valence-electron chi connectivity index (χ2n) is 20.5. The minimum Gasteiger partial charge on any atom is -0.462 e. The van der Waals surface area contributed by atoms with E-state index < -0.39 is 6.10 Å². The number of allylic oxidation sites excluding steroid dienone is 32. The van der Waals surface area contributed by atoms with Crippen LogP contribution in [-0.2, 0) is 28.6 Å². The van der Waals surface area contributed by atoms with Crippen LogP contribution in [0.3, 0.4) is 0 Å². The van der Waals surface area contributed by atoms with Crippen LogP contribution >= 0.6 is 0 Å². The molecule has 82 heavy (non-hydrogen) atoms. The maximum absolute atomic E-state index is 12.9. The molecule has 0 fully saturated rings. The fraction of sp³-hybridized carbons (Fsp3) is 0.539. The van der Waals surface area contributed by atoms with Gasteiger partial charge in [0.2, 0.25) is 0 Å². The fourth-order valence-corrected chi connectivity index (χ4v) is 8.01. The highest BCUT2D eigenvalue weighted by Crippen LogP contribution is 2.12. The van der Waals surface area contributed by atoms with Crippen molar-refractivity contribution in [3.63, 3.8) is 0 Å². The molecule has 1 unspecified atom stereocenters. The summed E-state index contributed by atoms with van der Waals surface area (Å²) in [5.41, 5.74) is 0. The molecule has 1 atom stereocenters. The van der Waals surface area contributed by atoms with E-state index in [-0.39, 0.29) is 37.5 Å². The molecule has 0 amide bonds. The summed E-state index contributed by atoms with van der Waals surface area (Å²) in [6, 6.07) is 0. The van der Waals surface area contributed by atoms with Gasteiger partial charge in [0.1, 0.15) is 13.2 Å². The predicted octanol–water partition coefficient (Wildman–Crippen LogP) is 22.6. The molecule has 0 aromatic rings. The van der Waals surface area contributed by atoms with Crippen LogP contribution in [0.1, 0.15) is 245 Å². The molecule has 0 saturated carbocycles. The Bertz CT molecular complexity index is 1970. The molecule has 456 valence electrons. The van der Waals surface area contributed by atoms with E-state index in [9.17, 15) is 14.4 Å². The second kappa shape index (κ2) is 67.8. The van der Waals surface area contributed by atoms with Crippen molar-refractivity contribution in [2.45, 2.75) is 252 Å². The first-order valence-corrected chi connectivity index (χ1v) is 32.4. The average Bonchev–Trinajstić information content (AvgIpc) is 3.48. The molecule has 0 heterocycles. The van der Waals surface area contributed by atoms with Crippen LogP contribution in [0.4, 0.5) is 0 Å². The summed E-state index contributed by atoms with van der Waals surface area (Å²) in [5, 5.41) is 0. The number of carbonyl (C=O) groups excluding carboxylic acids is 3. The molecule has 0 saturated heterocycles. The van der Waals surface area contributed by atoms with Gasteiger partial charge in [0.25, 0.3) is 0 Å². The van der Waals surface area contributed by atoms with Gasteiger partial charge < -0.3 is 14.2 Å². The first-order valence-electron chi connectivity index (χ1n) is 32.4. The molecule has 0 aromatic heterocycles. The maximum atomic E-state index is 12.9. The Hall–Kier alpha value is -5.75. The minimum absolute atomic E-state index is 0.125. The van der Waals surface area contributed by atoms with Crippen molar-refractivity contribution in [1.29, 1.82) is 0 Å². The molecule has 0 bridgehead atoms. The lowest BCUT2D eigenvalue weighted by molar-refractivity contribution is -0.167. The summed E-state index contributed by atoms with van der Waals surface area (Å²) >= 11 is 0. The van der Waals surface area contributed by atoms with Crippen LogP contribution < -0.4 is 0 Å². The predicted molar refractivity (Wildman–Crippen MR) is 357 cm³/mol. The van der Waals surface area contributed by atoms with Crippen molar-refractivity contribution in [2.24, 2.45) is 0 Å². The van der Waals surface area contributed by atoms with Gasteiger partial charge in [0, 0.05) is 19.3 Å². The van der Waals surface area contributed by atoms with Crippen molar-refractivity contribution in [3.8, 4) is 0 Å². The van der Waals surface area contributed by atoms with Gasteiger partial charge in [-0.2, -0.15) is 0 Å². The Morgan fingerprint density at radius 3 is 0.780 bits per heavy atom. The Kier molecular flexibility index (Phi) is 63.0. The molecule has 0 radical (unpaired) electrons. The minimum atomic E-state index is -0.837. The van der Waals surface area contributed by atoms with Crippen molar-refractivity contribution >= 4 is 17.9 Å². The van der Waals surface area contributed by atoms with Gasteiger partial charge >= 0.3 is 17.9 Å². The van der Waals surface area contributed by atoms with E-state index in [0.717, 1.165) is 180 Å². The van der Waals surface area contributed by atoms with Gasteiger partial charge in [-0.25, -0.2) is 0 Å². The van der Waals surface area contributed by atoms with Gasteiger partial charge in [0.15, 0.2) is 6.10 Å². The van der Waals surface area contributed by atoms with E-state index >= 15 is 0 Å². The van der Waals surface area contributed by atoms with Crippen molar-refractivity contribution in [3.05, 3.63) is 194 Å². The fourth-order valence-electron chi connectivity index (χ4n) is 8.01. The third kappa shape index (κ3) is 65.1. The normalized spacial score (nSPS) is 13.5. The number of hydrogen-bond acceptors (Lipinski definition) is 6. The largest absolute Gasteiger partial charge is 0.462 e. The average molecular weight is 1130 g/mol. The highest BCUT2D eigenvalue weighted by atomic mass is 16.6. The quantitative estimate of drug-likeness (QED) is 0.0261. The van der Waals surface area contributed by atoms with Gasteiger partial charge in [-0.05, 0) is 154 Å². The highest BCUT2D eigenvalue weighted by Gasteiger charge is 2.19. The number of unbranched alkanes of at least 4 members (excludes halogenated alkanes) is 13. The molecule has 0 aliphatic carbocycles. The zero-order valence-corrected chi connectivity index (χ0v) is 52.2. The lowest BCUT2D eigenvalue weighted by Gasteiger charge is -2.18. The van der Waals surface area contributed by atoms with Crippen molar-refractivity contribution in [2.75, 3.05) is 13.2 Å². The van der Waals surface area contributed by atoms with Crippen LogP contribution in [0.5, 0.6) is 0 Å². The highest BCUT2D eigenvalue weighted by molar-refractivity contribution is 5.71. The van der Waals surface area contributed by atoms with E-state index in [1.54, 1.807) is 0 Å². The van der Waals surface area contributed by atoms with E-state index in [1.807, 2.05) is 0 Å². The van der Waals surface area contributed by atoms with Crippen molar-refractivity contribution < 1.29 is 28.6 Å². The second-order valence-corrected chi connectivity index (χ2v) is 20.5. The summed E-state index contributed by atoms with van der Waals surface area (Å²) < 4.78 is 16.8. The summed E-state index contributed by atoms with van der Waals surface area (Å²) in [5.74, 6) is -1.03. The van der Waals surface area contributed by atoms with Crippen LogP contribution in [0.25, 0.3) is 0 Å². The van der Waals surface area contributed by atoms with E-state index in [2.05, 4.69) is 215 Å². The number of hydrogen-bond donors (Lipinski definition) is 0.